The van der Waals surface area contributed by atoms with E-state index in [1.807, 2.05) is 25.1 Å². The molecule has 0 atom stereocenters. The molecule has 0 unspecified atom stereocenters. The number of hydrogen-bond donors (Lipinski definition) is 2. The molecule has 1 aromatic heterocycles. The highest BCUT2D eigenvalue weighted by Crippen LogP contribution is 2.29. The van der Waals surface area contributed by atoms with E-state index in [1.165, 1.54) is 29.5 Å². The molecule has 3 rings (SSSR count). The van der Waals surface area contributed by atoms with Gasteiger partial charge in [-0.3, -0.25) is 4.79 Å². The Morgan fingerprint density at radius 3 is 2.86 bits per heavy atom. The lowest BCUT2D eigenvalue weighted by molar-refractivity contribution is 0.0722. The molecule has 1 aliphatic carbocycles. The van der Waals surface area contributed by atoms with Gasteiger partial charge >= 0.3 is 0 Å². The maximum Gasteiger partial charge on any atom is 0.253 e. The highest BCUT2D eigenvalue weighted by atomic mass is 16.3. The third-order valence-corrected chi connectivity index (χ3v) is 4.50. The first kappa shape index (κ1) is 15.1. The highest BCUT2D eigenvalue weighted by molar-refractivity contribution is 5.99. The zero-order valence-corrected chi connectivity index (χ0v) is 13.2. The number of benzene rings is 1. The number of aromatic amines is 1. The second kappa shape index (κ2) is 6.53. The number of nitrogens with one attached hydrogen (secondary N) is 1. The van der Waals surface area contributed by atoms with E-state index >= 15 is 0 Å². The first-order chi connectivity index (χ1) is 10.7. The molecule has 0 saturated carbocycles. The van der Waals surface area contributed by atoms with E-state index < -0.39 is 0 Å². The smallest absolute Gasteiger partial charge is 0.253 e. The van der Waals surface area contributed by atoms with Crippen molar-refractivity contribution in [1.29, 1.82) is 0 Å². The zero-order valence-electron chi connectivity index (χ0n) is 13.2. The van der Waals surface area contributed by atoms with Gasteiger partial charge in [-0.1, -0.05) is 6.92 Å². The summed E-state index contributed by atoms with van der Waals surface area (Å²) < 4.78 is 0. The van der Waals surface area contributed by atoms with Crippen LogP contribution in [-0.4, -0.2) is 40.6 Å². The molecule has 1 aromatic carbocycles. The Labute approximate surface area is 131 Å². The Balaban J connectivity index is 1.95. The number of aliphatic hydroxyl groups is 1. The van der Waals surface area contributed by atoms with Crippen molar-refractivity contribution in [3.63, 3.8) is 0 Å². The minimum Gasteiger partial charge on any atom is -0.395 e. The zero-order chi connectivity index (χ0) is 15.5. The predicted molar refractivity (Wildman–Crippen MR) is 88.2 cm³/mol. The summed E-state index contributed by atoms with van der Waals surface area (Å²) in [6.07, 6.45) is 5.58. The molecule has 0 saturated heterocycles. The summed E-state index contributed by atoms with van der Waals surface area (Å²) in [6, 6.07) is 5.94. The highest BCUT2D eigenvalue weighted by Gasteiger charge is 2.19. The van der Waals surface area contributed by atoms with Crippen LogP contribution in [0, 0.1) is 0 Å². The molecule has 0 fully saturated rings. The van der Waals surface area contributed by atoms with Gasteiger partial charge in [0.15, 0.2) is 0 Å². The summed E-state index contributed by atoms with van der Waals surface area (Å²) in [5.74, 6) is 0.0172. The van der Waals surface area contributed by atoms with Crippen LogP contribution >= 0.6 is 0 Å². The first-order valence-electron chi connectivity index (χ1n) is 8.28. The predicted octanol–water partition coefficient (Wildman–Crippen LogP) is 2.89. The van der Waals surface area contributed by atoms with Crippen LogP contribution in [-0.2, 0) is 12.8 Å². The van der Waals surface area contributed by atoms with Crippen molar-refractivity contribution >= 4 is 16.8 Å². The molecule has 0 spiro atoms. The first-order valence-corrected chi connectivity index (χ1v) is 8.28. The third-order valence-electron chi connectivity index (χ3n) is 4.50. The Kier molecular flexibility index (Phi) is 4.48. The molecule has 1 amide bonds. The van der Waals surface area contributed by atoms with Gasteiger partial charge in [-0.15, -0.1) is 0 Å². The monoisotopic (exact) mass is 300 g/mol. The second-order valence-electron chi connectivity index (χ2n) is 6.07. The summed E-state index contributed by atoms with van der Waals surface area (Å²) in [6.45, 7) is 3.13. The molecule has 1 heterocycles. The van der Waals surface area contributed by atoms with Gasteiger partial charge in [0, 0.05) is 35.2 Å². The quantitative estimate of drug-likeness (QED) is 0.892. The number of hydrogen-bond acceptors (Lipinski definition) is 2. The molecule has 4 nitrogen and oxygen atoms in total. The number of amides is 1. The lowest BCUT2D eigenvalue weighted by Gasteiger charge is -2.21. The number of aliphatic hydroxyl groups excluding tert-OH is 1. The minimum atomic E-state index is 0.00748. The van der Waals surface area contributed by atoms with Gasteiger partial charge in [0.1, 0.15) is 0 Å². The van der Waals surface area contributed by atoms with E-state index in [4.69, 9.17) is 5.11 Å². The number of carbonyl (C=O) groups excluding carboxylic acids is 1. The van der Waals surface area contributed by atoms with Gasteiger partial charge in [-0.25, -0.2) is 0 Å². The van der Waals surface area contributed by atoms with Crippen LogP contribution in [0.25, 0.3) is 10.9 Å². The van der Waals surface area contributed by atoms with Crippen molar-refractivity contribution in [2.45, 2.75) is 39.0 Å². The van der Waals surface area contributed by atoms with Gasteiger partial charge in [-0.05, 0) is 55.9 Å². The number of fused-ring (bicyclic) bond motifs is 3. The lowest BCUT2D eigenvalue weighted by atomic mass is 9.95. The van der Waals surface area contributed by atoms with E-state index in [0.717, 1.165) is 30.3 Å². The maximum absolute atomic E-state index is 12.7. The van der Waals surface area contributed by atoms with Crippen LogP contribution in [0.1, 0.15) is 47.8 Å². The second-order valence-corrected chi connectivity index (χ2v) is 6.07. The molecular formula is C18H24N2O2. The largest absolute Gasteiger partial charge is 0.395 e. The average molecular weight is 300 g/mol. The number of nitrogens with zero attached hydrogens (tertiary/aromatic N) is 1. The summed E-state index contributed by atoms with van der Waals surface area (Å²) in [4.78, 5) is 17.9. The van der Waals surface area contributed by atoms with Crippen molar-refractivity contribution in [1.82, 2.24) is 9.88 Å². The molecule has 2 aromatic rings. The molecule has 1 aliphatic rings. The number of H-pyrrole nitrogens is 1. The van der Waals surface area contributed by atoms with Crippen molar-refractivity contribution < 1.29 is 9.90 Å². The number of aryl methyl sites for hydroxylation is 2. The van der Waals surface area contributed by atoms with Crippen molar-refractivity contribution in [3.8, 4) is 0 Å². The molecule has 4 heteroatoms. The van der Waals surface area contributed by atoms with Gasteiger partial charge in [0.2, 0.25) is 0 Å². The maximum atomic E-state index is 12.7. The molecule has 0 radical (unpaired) electrons. The van der Waals surface area contributed by atoms with Crippen LogP contribution in [0.2, 0.25) is 0 Å². The Morgan fingerprint density at radius 2 is 2.09 bits per heavy atom. The van der Waals surface area contributed by atoms with E-state index in [1.54, 1.807) is 4.90 Å². The SMILES string of the molecule is CCCN(CCO)C(=O)c1ccc2[nH]c3c(c2c1)CCCC3. The van der Waals surface area contributed by atoms with E-state index in [2.05, 4.69) is 4.98 Å². The normalized spacial score (nSPS) is 14.1. The van der Waals surface area contributed by atoms with Gasteiger partial charge in [-0.2, -0.15) is 0 Å². The fourth-order valence-electron chi connectivity index (χ4n) is 3.43. The average Bonchev–Trinajstić information content (AvgIpc) is 2.92. The molecule has 2 N–H and O–H groups in total. The van der Waals surface area contributed by atoms with Crippen molar-refractivity contribution in [2.24, 2.45) is 0 Å². The van der Waals surface area contributed by atoms with Crippen LogP contribution in [0.4, 0.5) is 0 Å². The van der Waals surface area contributed by atoms with Crippen LogP contribution in [0.3, 0.4) is 0 Å². The van der Waals surface area contributed by atoms with E-state index in [0.29, 0.717) is 13.1 Å². The fraction of sp³-hybridized carbons (Fsp3) is 0.500. The number of carbonyl (C=O) groups is 1. The Bertz CT molecular complexity index is 669. The van der Waals surface area contributed by atoms with Gasteiger partial charge in [0.05, 0.1) is 6.61 Å². The van der Waals surface area contributed by atoms with Gasteiger partial charge < -0.3 is 15.0 Å². The molecule has 0 bridgehead atoms. The summed E-state index contributed by atoms with van der Waals surface area (Å²) in [7, 11) is 0. The lowest BCUT2D eigenvalue weighted by Crippen LogP contribution is -2.34. The Hall–Kier alpha value is -1.81. The van der Waals surface area contributed by atoms with Crippen LogP contribution in [0.15, 0.2) is 18.2 Å². The molecule has 0 aliphatic heterocycles. The van der Waals surface area contributed by atoms with E-state index in [9.17, 15) is 4.79 Å². The summed E-state index contributed by atoms with van der Waals surface area (Å²) in [5.41, 5.74) is 4.58. The molecular weight excluding hydrogens is 276 g/mol. The minimum absolute atomic E-state index is 0.00748. The fourth-order valence-corrected chi connectivity index (χ4v) is 3.43. The van der Waals surface area contributed by atoms with E-state index in [-0.39, 0.29) is 12.5 Å². The van der Waals surface area contributed by atoms with Gasteiger partial charge in [0.25, 0.3) is 5.91 Å². The summed E-state index contributed by atoms with van der Waals surface area (Å²) in [5, 5.41) is 10.4. The van der Waals surface area contributed by atoms with Crippen LogP contribution in [0.5, 0.6) is 0 Å². The van der Waals surface area contributed by atoms with Crippen LogP contribution < -0.4 is 0 Å². The molecule has 22 heavy (non-hydrogen) atoms. The number of rotatable bonds is 5. The number of aromatic nitrogens is 1. The topological polar surface area (TPSA) is 56.3 Å². The standard InChI is InChI=1S/C18H24N2O2/c1-2-9-20(10-11-21)18(22)13-7-8-17-15(12-13)14-5-3-4-6-16(14)19-17/h7-8,12,19,21H,2-6,9-11H2,1H3. The van der Waals surface area contributed by atoms with Crippen molar-refractivity contribution in [2.75, 3.05) is 19.7 Å². The van der Waals surface area contributed by atoms with Crippen molar-refractivity contribution in [3.05, 3.63) is 35.0 Å². The third kappa shape index (κ3) is 2.75. The molecule has 118 valence electrons. The summed E-state index contributed by atoms with van der Waals surface area (Å²) >= 11 is 0. The Morgan fingerprint density at radius 1 is 1.27 bits per heavy atom.